The Morgan fingerprint density at radius 3 is 2.48 bits per heavy atom. The van der Waals surface area contributed by atoms with Crippen LogP contribution in [0.4, 0.5) is 10.5 Å². The molecule has 1 N–H and O–H groups in total. The minimum atomic E-state index is -3.89. The van der Waals surface area contributed by atoms with Gasteiger partial charge in [0.15, 0.2) is 14.6 Å². The monoisotopic (exact) mass is 391 g/mol. The lowest BCUT2D eigenvalue weighted by Crippen LogP contribution is -2.46. The zero-order valence-electron chi connectivity index (χ0n) is 15.1. The molecule has 0 radical (unpaired) electrons. The molecule has 2 fully saturated rings. The summed E-state index contributed by atoms with van der Waals surface area (Å²) in [4.78, 5) is 25.0. The number of benzene rings is 1. The molecule has 1 aliphatic carbocycles. The summed E-state index contributed by atoms with van der Waals surface area (Å²) < 4.78 is 27.0. The Labute approximate surface area is 158 Å². The molecule has 1 amide bonds. The summed E-state index contributed by atoms with van der Waals surface area (Å²) in [5, 5.41) is 9.36. The third kappa shape index (κ3) is 4.08. The Hall–Kier alpha value is -2.53. The summed E-state index contributed by atoms with van der Waals surface area (Å²) in [5.74, 6) is 5.29. The Kier molecular flexibility index (Phi) is 4.91. The van der Waals surface area contributed by atoms with Crippen LogP contribution in [0, 0.1) is 17.8 Å². The highest BCUT2D eigenvalue weighted by atomic mass is 32.2. The minimum Gasteiger partial charge on any atom is -0.480 e. The van der Waals surface area contributed by atoms with Gasteiger partial charge < -0.3 is 9.84 Å². The van der Waals surface area contributed by atoms with Crippen LogP contribution >= 0.6 is 0 Å². The van der Waals surface area contributed by atoms with Gasteiger partial charge >= 0.3 is 12.1 Å². The molecule has 1 aromatic carbocycles. The predicted octanol–water partition coefficient (Wildman–Crippen LogP) is 2.05. The van der Waals surface area contributed by atoms with E-state index in [1.807, 2.05) is 12.1 Å². The van der Waals surface area contributed by atoms with Crippen molar-refractivity contribution >= 4 is 27.6 Å². The zero-order chi connectivity index (χ0) is 19.8. The molecule has 2 aliphatic rings. The van der Waals surface area contributed by atoms with Crippen molar-refractivity contribution in [3.63, 3.8) is 0 Å². The third-order valence-electron chi connectivity index (χ3n) is 4.94. The minimum absolute atomic E-state index is 0.0876. The van der Waals surface area contributed by atoms with E-state index in [4.69, 9.17) is 4.74 Å². The van der Waals surface area contributed by atoms with E-state index in [-0.39, 0.29) is 13.0 Å². The second kappa shape index (κ2) is 6.89. The standard InChI is InChI=1S/C19H21NO6S/c1-19(17(21)22,27(2,24)25)11-16-12-20(18(23)26-16)15-9-7-14(8-10-15)6-5-13-3-4-13/h7-10,13,16H,3-4,11-12H2,1-2H3,(H,21,22)/t16-,19?/m0/s1. The van der Waals surface area contributed by atoms with E-state index in [1.54, 1.807) is 12.1 Å². The average Bonchev–Trinajstić information content (AvgIpc) is 3.35. The van der Waals surface area contributed by atoms with Crippen LogP contribution in [0.25, 0.3) is 0 Å². The second-order valence-electron chi connectivity index (χ2n) is 7.22. The lowest BCUT2D eigenvalue weighted by molar-refractivity contribution is -0.140. The number of carbonyl (C=O) groups excluding carboxylic acids is 1. The molecular weight excluding hydrogens is 370 g/mol. The molecule has 27 heavy (non-hydrogen) atoms. The van der Waals surface area contributed by atoms with Crippen molar-refractivity contribution < 1.29 is 27.9 Å². The average molecular weight is 391 g/mol. The highest BCUT2D eigenvalue weighted by Crippen LogP contribution is 2.30. The topological polar surface area (TPSA) is 101 Å². The zero-order valence-corrected chi connectivity index (χ0v) is 16.0. The Morgan fingerprint density at radius 2 is 1.96 bits per heavy atom. The van der Waals surface area contributed by atoms with E-state index in [1.165, 1.54) is 4.90 Å². The molecule has 3 rings (SSSR count). The van der Waals surface area contributed by atoms with Gasteiger partial charge in [0.1, 0.15) is 6.10 Å². The molecule has 1 unspecified atom stereocenters. The maximum atomic E-state index is 12.2. The van der Waals surface area contributed by atoms with Crippen LogP contribution in [-0.4, -0.2) is 49.2 Å². The van der Waals surface area contributed by atoms with Gasteiger partial charge in [-0.05, 0) is 44.0 Å². The van der Waals surface area contributed by atoms with Gasteiger partial charge in [-0.15, -0.1) is 0 Å². The van der Waals surface area contributed by atoms with Crippen molar-refractivity contribution in [3.8, 4) is 11.8 Å². The fourth-order valence-corrected chi connectivity index (χ4v) is 3.61. The first kappa shape index (κ1) is 19.2. The number of hydrogen-bond donors (Lipinski definition) is 1. The molecule has 2 atom stereocenters. The number of nitrogens with zero attached hydrogens (tertiary/aromatic N) is 1. The van der Waals surface area contributed by atoms with Gasteiger partial charge in [-0.1, -0.05) is 11.8 Å². The third-order valence-corrected chi connectivity index (χ3v) is 6.92. The van der Waals surface area contributed by atoms with Crippen molar-refractivity contribution in [2.75, 3.05) is 17.7 Å². The number of rotatable bonds is 5. The van der Waals surface area contributed by atoms with Crippen molar-refractivity contribution in [2.24, 2.45) is 5.92 Å². The smallest absolute Gasteiger partial charge is 0.414 e. The van der Waals surface area contributed by atoms with Crippen molar-refractivity contribution in [1.82, 2.24) is 0 Å². The quantitative estimate of drug-likeness (QED) is 0.771. The Balaban J connectivity index is 1.72. The van der Waals surface area contributed by atoms with Crippen LogP contribution in [0.1, 0.15) is 31.7 Å². The van der Waals surface area contributed by atoms with E-state index in [9.17, 15) is 23.1 Å². The van der Waals surface area contributed by atoms with Crippen LogP contribution in [-0.2, 0) is 19.4 Å². The fraction of sp³-hybridized carbons (Fsp3) is 0.474. The normalized spacial score (nSPS) is 21.8. The number of anilines is 1. The molecule has 1 saturated heterocycles. The fourth-order valence-electron chi connectivity index (χ4n) is 2.81. The number of aliphatic carboxylic acids is 1. The largest absolute Gasteiger partial charge is 0.480 e. The molecule has 8 heteroatoms. The number of hydrogen-bond acceptors (Lipinski definition) is 5. The van der Waals surface area contributed by atoms with Gasteiger partial charge in [-0.3, -0.25) is 9.69 Å². The van der Waals surface area contributed by atoms with Crippen LogP contribution in [0.15, 0.2) is 24.3 Å². The molecular formula is C19H21NO6S. The number of carbonyl (C=O) groups is 2. The van der Waals surface area contributed by atoms with Crippen LogP contribution in [0.5, 0.6) is 0 Å². The Bertz CT molecular complexity index is 923. The van der Waals surface area contributed by atoms with Crippen LogP contribution in [0.3, 0.4) is 0 Å². The molecule has 0 aromatic heterocycles. The van der Waals surface area contributed by atoms with Gasteiger partial charge in [0.2, 0.25) is 0 Å². The first-order chi connectivity index (χ1) is 12.6. The highest BCUT2D eigenvalue weighted by molar-refractivity contribution is 7.92. The van der Waals surface area contributed by atoms with Gasteiger partial charge in [0.25, 0.3) is 0 Å². The van der Waals surface area contributed by atoms with E-state index in [2.05, 4.69) is 11.8 Å². The second-order valence-corrected chi connectivity index (χ2v) is 9.66. The van der Waals surface area contributed by atoms with Gasteiger partial charge in [0, 0.05) is 29.8 Å². The number of carboxylic acid groups (broad SMARTS) is 1. The van der Waals surface area contributed by atoms with Crippen molar-refractivity contribution in [2.45, 2.75) is 37.0 Å². The Morgan fingerprint density at radius 1 is 1.33 bits per heavy atom. The maximum Gasteiger partial charge on any atom is 0.414 e. The summed E-state index contributed by atoms with van der Waals surface area (Å²) in [7, 11) is -3.89. The van der Waals surface area contributed by atoms with Gasteiger partial charge in [-0.25, -0.2) is 13.2 Å². The molecule has 0 bridgehead atoms. The van der Waals surface area contributed by atoms with E-state index < -0.39 is 32.8 Å². The number of amides is 1. The lowest BCUT2D eigenvalue weighted by Gasteiger charge is -2.24. The van der Waals surface area contributed by atoms with E-state index in [0.29, 0.717) is 11.6 Å². The van der Waals surface area contributed by atoms with Crippen molar-refractivity contribution in [1.29, 1.82) is 0 Å². The molecule has 1 saturated carbocycles. The number of cyclic esters (lactones) is 1. The first-order valence-corrected chi connectivity index (χ1v) is 10.5. The maximum absolute atomic E-state index is 12.2. The number of ether oxygens (including phenoxy) is 1. The summed E-state index contributed by atoms with van der Waals surface area (Å²) in [5.41, 5.74) is 1.45. The predicted molar refractivity (Wildman–Crippen MR) is 99.2 cm³/mol. The van der Waals surface area contributed by atoms with E-state index >= 15 is 0 Å². The summed E-state index contributed by atoms with van der Waals surface area (Å²) >= 11 is 0. The summed E-state index contributed by atoms with van der Waals surface area (Å²) in [6.07, 6.45) is 1.40. The van der Waals surface area contributed by atoms with Gasteiger partial charge in [-0.2, -0.15) is 0 Å². The van der Waals surface area contributed by atoms with Crippen LogP contribution < -0.4 is 4.90 Å². The van der Waals surface area contributed by atoms with Crippen molar-refractivity contribution in [3.05, 3.63) is 29.8 Å². The molecule has 1 aromatic rings. The number of sulfone groups is 1. The number of carboxylic acids is 1. The SMILES string of the molecule is CC(C[C@H]1CN(c2ccc(C#CC3CC3)cc2)C(=O)O1)(C(=O)O)S(C)(=O)=O. The summed E-state index contributed by atoms with van der Waals surface area (Å²) in [6, 6.07) is 7.10. The highest BCUT2D eigenvalue weighted by Gasteiger charge is 2.48. The molecule has 0 spiro atoms. The first-order valence-electron chi connectivity index (χ1n) is 8.63. The van der Waals surface area contributed by atoms with E-state index in [0.717, 1.165) is 31.6 Å². The molecule has 7 nitrogen and oxygen atoms in total. The van der Waals surface area contributed by atoms with Gasteiger partial charge in [0.05, 0.1) is 6.54 Å². The molecule has 1 aliphatic heterocycles. The summed E-state index contributed by atoms with van der Waals surface area (Å²) in [6.45, 7) is 1.22. The van der Waals surface area contributed by atoms with Crippen LogP contribution in [0.2, 0.25) is 0 Å². The molecule has 144 valence electrons. The molecule has 1 heterocycles. The lowest BCUT2D eigenvalue weighted by atomic mass is 10.0.